The molecule has 3 heterocycles. The molecule has 0 unspecified atom stereocenters. The van der Waals surface area contributed by atoms with Crippen LogP contribution >= 0.6 is 0 Å². The molecule has 0 radical (unpaired) electrons. The van der Waals surface area contributed by atoms with E-state index in [9.17, 15) is 9.18 Å². The number of carbonyl (C=O) groups is 1. The second kappa shape index (κ2) is 9.21. The molecule has 176 valence electrons. The molecule has 1 fully saturated rings. The summed E-state index contributed by atoms with van der Waals surface area (Å²) in [6, 6.07) is 16.7. The number of nitrogens with zero attached hydrogens (tertiary/aromatic N) is 2. The second-order valence-electron chi connectivity index (χ2n) is 8.60. The third-order valence-electron chi connectivity index (χ3n) is 6.39. The molecule has 0 aliphatic carbocycles. The summed E-state index contributed by atoms with van der Waals surface area (Å²) in [5.41, 5.74) is 2.16. The van der Waals surface area contributed by atoms with Crippen molar-refractivity contribution in [2.75, 3.05) is 32.2 Å². The quantitative estimate of drug-likeness (QED) is 0.587. The Bertz CT molecular complexity index is 1200. The van der Waals surface area contributed by atoms with Crippen molar-refractivity contribution in [2.45, 2.75) is 13.0 Å². The predicted molar refractivity (Wildman–Crippen MR) is 125 cm³/mol. The molecule has 0 spiro atoms. The Balaban J connectivity index is 1.41. The van der Waals surface area contributed by atoms with Gasteiger partial charge in [-0.1, -0.05) is 12.1 Å². The van der Waals surface area contributed by atoms with Crippen LogP contribution in [0.1, 0.15) is 17.3 Å². The van der Waals surface area contributed by atoms with Crippen LogP contribution in [0.15, 0.2) is 60.7 Å². The van der Waals surface area contributed by atoms with Crippen LogP contribution in [-0.2, 0) is 0 Å². The molecule has 0 bridgehead atoms. The van der Waals surface area contributed by atoms with Crippen molar-refractivity contribution < 1.29 is 23.4 Å². The molecular formula is C26H26FN3O4. The SMILES string of the molecule is COc1cccc(NC(=O)N2C[C@@H](COc3cccc(C)n3)[C@@H]3COc4ccc(F)cc4[C@@H]32)c1. The van der Waals surface area contributed by atoms with Gasteiger partial charge >= 0.3 is 6.03 Å². The van der Waals surface area contributed by atoms with E-state index in [1.165, 1.54) is 12.1 Å². The summed E-state index contributed by atoms with van der Waals surface area (Å²) in [7, 11) is 1.58. The normalized spacial score (nSPS) is 20.7. The van der Waals surface area contributed by atoms with Gasteiger partial charge in [-0.05, 0) is 43.3 Å². The molecule has 2 aromatic carbocycles. The zero-order valence-electron chi connectivity index (χ0n) is 19.0. The molecule has 1 aromatic heterocycles. The lowest BCUT2D eigenvalue weighted by atomic mass is 9.85. The molecule has 3 aromatic rings. The number of likely N-dealkylation sites (tertiary alicyclic amines) is 1. The number of urea groups is 1. The number of halogens is 1. The fraction of sp³-hybridized carbons (Fsp3) is 0.308. The number of aromatic nitrogens is 1. The highest BCUT2D eigenvalue weighted by Crippen LogP contribution is 2.47. The minimum Gasteiger partial charge on any atom is -0.497 e. The molecule has 5 rings (SSSR count). The molecule has 0 saturated carbocycles. The van der Waals surface area contributed by atoms with Crippen LogP contribution in [0, 0.1) is 24.6 Å². The Morgan fingerprint density at radius 2 is 2.06 bits per heavy atom. The Morgan fingerprint density at radius 3 is 2.88 bits per heavy atom. The van der Waals surface area contributed by atoms with Gasteiger partial charge < -0.3 is 24.4 Å². The van der Waals surface area contributed by atoms with E-state index in [0.29, 0.717) is 48.4 Å². The van der Waals surface area contributed by atoms with Crippen LogP contribution in [0.25, 0.3) is 0 Å². The first-order chi connectivity index (χ1) is 16.5. The number of aryl methyl sites for hydroxylation is 1. The number of rotatable bonds is 5. The van der Waals surface area contributed by atoms with Gasteiger partial charge in [0.05, 0.1) is 26.4 Å². The maximum atomic E-state index is 14.2. The van der Waals surface area contributed by atoms with E-state index in [1.807, 2.05) is 37.3 Å². The van der Waals surface area contributed by atoms with Crippen molar-refractivity contribution in [3.8, 4) is 17.4 Å². The summed E-state index contributed by atoms with van der Waals surface area (Å²) >= 11 is 0. The molecule has 1 N–H and O–H groups in total. The van der Waals surface area contributed by atoms with Gasteiger partial charge in [0.2, 0.25) is 5.88 Å². The van der Waals surface area contributed by atoms with E-state index >= 15 is 0 Å². The summed E-state index contributed by atoms with van der Waals surface area (Å²) in [5.74, 6) is 1.37. The second-order valence-corrected chi connectivity index (χ2v) is 8.60. The van der Waals surface area contributed by atoms with Gasteiger partial charge in [-0.15, -0.1) is 0 Å². The van der Waals surface area contributed by atoms with Crippen molar-refractivity contribution in [1.29, 1.82) is 0 Å². The Hall–Kier alpha value is -3.81. The van der Waals surface area contributed by atoms with Gasteiger partial charge in [0.15, 0.2) is 0 Å². The number of ether oxygens (including phenoxy) is 3. The number of hydrogen-bond donors (Lipinski definition) is 1. The van der Waals surface area contributed by atoms with Gasteiger partial charge in [-0.25, -0.2) is 14.2 Å². The Kier molecular flexibility index (Phi) is 5.96. The summed E-state index contributed by atoms with van der Waals surface area (Å²) in [6.45, 7) is 3.13. The Labute approximate surface area is 197 Å². The number of methoxy groups -OCH3 is 1. The van der Waals surface area contributed by atoms with Crippen LogP contribution in [-0.4, -0.2) is 42.8 Å². The van der Waals surface area contributed by atoms with Crippen molar-refractivity contribution in [2.24, 2.45) is 11.8 Å². The van der Waals surface area contributed by atoms with Gasteiger partial charge in [0.25, 0.3) is 0 Å². The van der Waals surface area contributed by atoms with Gasteiger partial charge in [-0.3, -0.25) is 0 Å². The van der Waals surface area contributed by atoms with E-state index in [1.54, 1.807) is 30.2 Å². The number of amides is 2. The maximum absolute atomic E-state index is 14.2. The smallest absolute Gasteiger partial charge is 0.322 e. The first-order valence-corrected chi connectivity index (χ1v) is 11.2. The Morgan fingerprint density at radius 1 is 1.21 bits per heavy atom. The highest BCUT2D eigenvalue weighted by molar-refractivity contribution is 5.90. The number of benzene rings is 2. The van der Waals surface area contributed by atoms with Crippen LogP contribution < -0.4 is 19.5 Å². The predicted octanol–water partition coefficient (Wildman–Crippen LogP) is 4.83. The average molecular weight is 464 g/mol. The molecule has 2 aliphatic heterocycles. The van der Waals surface area contributed by atoms with Crippen molar-refractivity contribution in [1.82, 2.24) is 9.88 Å². The summed E-state index contributed by atoms with van der Waals surface area (Å²) in [6.07, 6.45) is 0. The maximum Gasteiger partial charge on any atom is 0.322 e. The lowest BCUT2D eigenvalue weighted by molar-refractivity contribution is 0.128. The van der Waals surface area contributed by atoms with Crippen molar-refractivity contribution in [3.63, 3.8) is 0 Å². The molecule has 34 heavy (non-hydrogen) atoms. The van der Waals surface area contributed by atoms with Crippen LogP contribution in [0.2, 0.25) is 0 Å². The first-order valence-electron chi connectivity index (χ1n) is 11.2. The van der Waals surface area contributed by atoms with Gasteiger partial charge in [0, 0.05) is 47.5 Å². The summed E-state index contributed by atoms with van der Waals surface area (Å²) in [5, 5.41) is 2.96. The molecule has 7 nitrogen and oxygen atoms in total. The minimum absolute atomic E-state index is 0.0141. The van der Waals surface area contributed by atoms with Crippen LogP contribution in [0.3, 0.4) is 0 Å². The third-order valence-corrected chi connectivity index (χ3v) is 6.39. The molecule has 2 aliphatic rings. The monoisotopic (exact) mass is 463 g/mol. The summed E-state index contributed by atoms with van der Waals surface area (Å²) < 4.78 is 31.4. The van der Waals surface area contributed by atoms with Crippen molar-refractivity contribution >= 4 is 11.7 Å². The first kappa shape index (κ1) is 22.0. The molecule has 3 atom stereocenters. The molecule has 1 saturated heterocycles. The topological polar surface area (TPSA) is 72.9 Å². The number of pyridine rings is 1. The number of carbonyl (C=O) groups excluding carboxylic acids is 1. The van der Waals surface area contributed by atoms with E-state index in [4.69, 9.17) is 14.2 Å². The van der Waals surface area contributed by atoms with Crippen LogP contribution in [0.4, 0.5) is 14.9 Å². The molecule has 8 heteroatoms. The minimum atomic E-state index is -0.361. The number of anilines is 1. The lowest BCUT2D eigenvalue weighted by Crippen LogP contribution is -2.38. The third kappa shape index (κ3) is 4.35. The van der Waals surface area contributed by atoms with E-state index in [2.05, 4.69) is 10.3 Å². The van der Waals surface area contributed by atoms with E-state index in [0.717, 1.165) is 5.69 Å². The van der Waals surface area contributed by atoms with Crippen LogP contribution in [0.5, 0.6) is 17.4 Å². The number of fused-ring (bicyclic) bond motifs is 3. The van der Waals surface area contributed by atoms with Crippen molar-refractivity contribution in [3.05, 3.63) is 77.7 Å². The lowest BCUT2D eigenvalue weighted by Gasteiger charge is -2.34. The highest BCUT2D eigenvalue weighted by Gasteiger charge is 2.48. The fourth-order valence-corrected chi connectivity index (χ4v) is 4.76. The molecule has 2 amide bonds. The zero-order chi connectivity index (χ0) is 23.7. The standard InChI is InChI=1S/C26H26FN3O4/c1-16-5-3-8-24(28-16)34-14-17-13-30(26(31)29-19-6-4-7-20(12-19)32-2)25-21-11-18(27)9-10-23(21)33-15-22(17)25/h3-12,17,22,25H,13-15H2,1-2H3,(H,29,31)/t17-,22-,25-/m0/s1. The largest absolute Gasteiger partial charge is 0.497 e. The summed E-state index contributed by atoms with van der Waals surface area (Å²) in [4.78, 5) is 19.6. The van der Waals surface area contributed by atoms with Gasteiger partial charge in [-0.2, -0.15) is 0 Å². The van der Waals surface area contributed by atoms with Gasteiger partial charge in [0.1, 0.15) is 17.3 Å². The zero-order valence-corrected chi connectivity index (χ0v) is 19.0. The fourth-order valence-electron chi connectivity index (χ4n) is 4.76. The average Bonchev–Trinajstić information content (AvgIpc) is 3.22. The number of nitrogens with one attached hydrogen (secondary N) is 1. The molecular weight excluding hydrogens is 437 g/mol. The van der Waals surface area contributed by atoms with E-state index < -0.39 is 0 Å². The number of hydrogen-bond acceptors (Lipinski definition) is 5. The highest BCUT2D eigenvalue weighted by atomic mass is 19.1. The van der Waals surface area contributed by atoms with E-state index in [-0.39, 0.29) is 29.7 Å².